The summed E-state index contributed by atoms with van der Waals surface area (Å²) in [6.07, 6.45) is 25.2. The Hall–Kier alpha value is -1.71. The van der Waals surface area contributed by atoms with E-state index in [2.05, 4.69) is 23.6 Å². The molecule has 0 atom stereocenters. The highest BCUT2D eigenvalue weighted by Crippen LogP contribution is 2.14. The monoisotopic (exact) mass is 683 g/mol. The van der Waals surface area contributed by atoms with Gasteiger partial charge in [0.05, 0.1) is 19.8 Å². The number of piperazine rings is 1. The molecule has 282 valence electrons. The maximum atomic E-state index is 12.9. The van der Waals surface area contributed by atoms with Crippen molar-refractivity contribution in [3.63, 3.8) is 0 Å². The van der Waals surface area contributed by atoms with Crippen LogP contribution in [0.3, 0.4) is 0 Å². The topological polar surface area (TPSA) is 106 Å². The molecule has 0 aromatic rings. The number of rotatable bonds is 33. The predicted molar refractivity (Wildman–Crippen MR) is 194 cm³/mol. The molecule has 1 rings (SSSR count). The molecule has 9 heteroatoms. The molecule has 0 radical (unpaired) electrons. The lowest BCUT2D eigenvalue weighted by Crippen LogP contribution is -2.47. The van der Waals surface area contributed by atoms with E-state index >= 15 is 0 Å². The van der Waals surface area contributed by atoms with Gasteiger partial charge in [0.1, 0.15) is 0 Å². The van der Waals surface area contributed by atoms with E-state index in [4.69, 9.17) is 19.3 Å². The molecule has 0 saturated carbocycles. The van der Waals surface area contributed by atoms with Gasteiger partial charge in [-0.15, -0.1) is 0 Å². The van der Waals surface area contributed by atoms with Gasteiger partial charge in [0.2, 0.25) is 0 Å². The molecular weight excluding hydrogens is 608 g/mol. The first-order valence-electron chi connectivity index (χ1n) is 20.1. The highest BCUT2D eigenvalue weighted by Gasteiger charge is 2.34. The Morgan fingerprint density at radius 1 is 0.521 bits per heavy atom. The standard InChI is InChI=1S/C39H74N2O7/c1-3-5-7-9-11-13-15-17-19-21-23-34-46-38(44)37(39(45)47-35-24-22-20-18-16-14-12-10-8-6-4-2)48-36(43)26-25-27-40-28-30-41(31-29-40)32-33-42/h37,42H,3-35H2,1-2H3. The fourth-order valence-corrected chi connectivity index (χ4v) is 6.24. The van der Waals surface area contributed by atoms with Gasteiger partial charge in [0.25, 0.3) is 6.10 Å². The molecule has 1 saturated heterocycles. The van der Waals surface area contributed by atoms with Crippen LogP contribution in [0, 0.1) is 0 Å². The summed E-state index contributed by atoms with van der Waals surface area (Å²) in [4.78, 5) is 43.0. The maximum Gasteiger partial charge on any atom is 0.359 e. The van der Waals surface area contributed by atoms with Gasteiger partial charge in [-0.3, -0.25) is 9.69 Å². The molecule has 1 fully saturated rings. The van der Waals surface area contributed by atoms with Crippen LogP contribution in [0.15, 0.2) is 0 Å². The van der Waals surface area contributed by atoms with Gasteiger partial charge in [-0.25, -0.2) is 9.59 Å². The molecule has 0 bridgehead atoms. The van der Waals surface area contributed by atoms with Crippen molar-refractivity contribution in [2.24, 2.45) is 0 Å². The quantitative estimate of drug-likeness (QED) is 0.0319. The number of hydrogen-bond donors (Lipinski definition) is 1. The molecule has 0 amide bonds. The van der Waals surface area contributed by atoms with Crippen LogP contribution in [0.2, 0.25) is 0 Å². The Kier molecular flexibility index (Phi) is 30.0. The van der Waals surface area contributed by atoms with Crippen LogP contribution in [0.25, 0.3) is 0 Å². The second kappa shape index (κ2) is 32.5. The van der Waals surface area contributed by atoms with Gasteiger partial charge >= 0.3 is 17.9 Å². The minimum atomic E-state index is -1.67. The van der Waals surface area contributed by atoms with Crippen LogP contribution >= 0.6 is 0 Å². The lowest BCUT2D eigenvalue weighted by molar-refractivity contribution is -0.180. The summed E-state index contributed by atoms with van der Waals surface area (Å²) in [5.41, 5.74) is 0. The summed E-state index contributed by atoms with van der Waals surface area (Å²) in [5.74, 6) is -2.25. The molecule has 0 aromatic heterocycles. The highest BCUT2D eigenvalue weighted by atomic mass is 16.6. The van der Waals surface area contributed by atoms with Gasteiger partial charge in [-0.05, 0) is 25.8 Å². The molecule has 0 aliphatic carbocycles. The van der Waals surface area contributed by atoms with Crippen molar-refractivity contribution >= 4 is 17.9 Å². The minimum absolute atomic E-state index is 0.116. The molecule has 1 aliphatic heterocycles. The van der Waals surface area contributed by atoms with Gasteiger partial charge < -0.3 is 24.2 Å². The Morgan fingerprint density at radius 2 is 0.875 bits per heavy atom. The maximum absolute atomic E-state index is 12.9. The van der Waals surface area contributed by atoms with Crippen LogP contribution in [0.4, 0.5) is 0 Å². The smallest absolute Gasteiger partial charge is 0.359 e. The largest absolute Gasteiger partial charge is 0.462 e. The molecule has 9 nitrogen and oxygen atoms in total. The van der Waals surface area contributed by atoms with Crippen molar-refractivity contribution in [2.45, 2.75) is 174 Å². The molecule has 1 N–H and O–H groups in total. The van der Waals surface area contributed by atoms with Crippen molar-refractivity contribution in [1.29, 1.82) is 0 Å². The minimum Gasteiger partial charge on any atom is -0.462 e. The van der Waals surface area contributed by atoms with E-state index in [1.54, 1.807) is 0 Å². The summed E-state index contributed by atoms with van der Waals surface area (Å²) >= 11 is 0. The Morgan fingerprint density at radius 3 is 1.25 bits per heavy atom. The van der Waals surface area contributed by atoms with Crippen molar-refractivity contribution < 1.29 is 33.7 Å². The number of nitrogens with zero attached hydrogens (tertiary/aromatic N) is 2. The van der Waals surface area contributed by atoms with Crippen LogP contribution in [-0.2, 0) is 28.6 Å². The molecule has 0 spiro atoms. The fourth-order valence-electron chi connectivity index (χ4n) is 6.24. The molecule has 0 aromatic carbocycles. The number of carbonyl (C=O) groups is 3. The zero-order valence-electron chi connectivity index (χ0n) is 31.2. The van der Waals surface area contributed by atoms with Gasteiger partial charge in [0.15, 0.2) is 0 Å². The zero-order valence-corrected chi connectivity index (χ0v) is 31.2. The summed E-state index contributed by atoms with van der Waals surface area (Å²) in [6, 6.07) is 0. The molecule has 1 heterocycles. The lowest BCUT2D eigenvalue weighted by atomic mass is 10.1. The van der Waals surface area contributed by atoms with Crippen LogP contribution < -0.4 is 0 Å². The summed E-state index contributed by atoms with van der Waals surface area (Å²) in [6.45, 7) is 10.0. The van der Waals surface area contributed by atoms with E-state index in [0.29, 0.717) is 13.0 Å². The zero-order chi connectivity index (χ0) is 34.9. The highest BCUT2D eigenvalue weighted by molar-refractivity contribution is 5.99. The average Bonchev–Trinajstić information content (AvgIpc) is 3.09. The first-order chi connectivity index (χ1) is 23.5. The van der Waals surface area contributed by atoms with Gasteiger partial charge in [-0.2, -0.15) is 0 Å². The second-order valence-corrected chi connectivity index (χ2v) is 13.8. The van der Waals surface area contributed by atoms with Crippen molar-refractivity contribution in [1.82, 2.24) is 9.80 Å². The third-order valence-corrected chi connectivity index (χ3v) is 9.40. The predicted octanol–water partition coefficient (Wildman–Crippen LogP) is 8.00. The normalized spacial score (nSPS) is 14.0. The number of esters is 3. The average molecular weight is 683 g/mol. The molecular formula is C39H74N2O7. The number of hydrogen-bond acceptors (Lipinski definition) is 9. The van der Waals surface area contributed by atoms with E-state index in [0.717, 1.165) is 71.2 Å². The fraction of sp³-hybridized carbons (Fsp3) is 0.923. The van der Waals surface area contributed by atoms with Crippen LogP contribution in [0.5, 0.6) is 0 Å². The number of carbonyl (C=O) groups excluding carboxylic acids is 3. The first kappa shape index (κ1) is 44.3. The number of β-amino-alcohol motifs (C(OH)–C–C–N with tert-alkyl or cyclic N) is 1. The number of ether oxygens (including phenoxy) is 3. The van der Waals surface area contributed by atoms with Crippen LogP contribution in [-0.4, -0.2) is 98.0 Å². The third kappa shape index (κ3) is 25.3. The van der Waals surface area contributed by atoms with E-state index in [1.807, 2.05) is 0 Å². The number of aliphatic hydroxyl groups is 1. The van der Waals surface area contributed by atoms with E-state index in [1.165, 1.54) is 103 Å². The van der Waals surface area contributed by atoms with E-state index < -0.39 is 24.0 Å². The molecule has 1 aliphatic rings. The first-order valence-corrected chi connectivity index (χ1v) is 20.1. The van der Waals surface area contributed by atoms with Crippen molar-refractivity contribution in [3.8, 4) is 0 Å². The Balaban J connectivity index is 2.36. The van der Waals surface area contributed by atoms with E-state index in [9.17, 15) is 14.4 Å². The SMILES string of the molecule is CCCCCCCCCCCCCOC(=O)C(OC(=O)CCCN1CCN(CCO)CC1)C(=O)OCCCCCCCCCCCCC. The molecule has 48 heavy (non-hydrogen) atoms. The summed E-state index contributed by atoms with van der Waals surface area (Å²) in [7, 11) is 0. The summed E-state index contributed by atoms with van der Waals surface area (Å²) < 4.78 is 16.2. The van der Waals surface area contributed by atoms with E-state index in [-0.39, 0.29) is 26.2 Å². The summed E-state index contributed by atoms with van der Waals surface area (Å²) in [5, 5.41) is 9.13. The lowest BCUT2D eigenvalue weighted by Gasteiger charge is -2.34. The second-order valence-electron chi connectivity index (χ2n) is 13.8. The third-order valence-electron chi connectivity index (χ3n) is 9.40. The molecule has 0 unspecified atom stereocenters. The van der Waals surface area contributed by atoms with Crippen molar-refractivity contribution in [3.05, 3.63) is 0 Å². The Bertz CT molecular complexity index is 733. The Labute approximate surface area is 294 Å². The van der Waals surface area contributed by atoms with Gasteiger partial charge in [0, 0.05) is 39.1 Å². The number of aliphatic hydroxyl groups excluding tert-OH is 1. The van der Waals surface area contributed by atoms with Gasteiger partial charge in [-0.1, -0.05) is 142 Å². The van der Waals surface area contributed by atoms with Crippen LogP contribution in [0.1, 0.15) is 168 Å². The number of unbranched alkanes of at least 4 members (excludes halogenated alkanes) is 20. The van der Waals surface area contributed by atoms with Crippen molar-refractivity contribution in [2.75, 3.05) is 59.1 Å².